The number of carbonyl (C=O) groups is 1. The molecule has 0 aliphatic rings. The van der Waals surface area contributed by atoms with Crippen LogP contribution in [0.25, 0.3) is 11.5 Å². The van der Waals surface area contributed by atoms with Gasteiger partial charge in [-0.2, -0.15) is 0 Å². The van der Waals surface area contributed by atoms with Crippen LogP contribution >= 0.6 is 23.4 Å². The number of aryl methyl sites for hydroxylation is 1. The van der Waals surface area contributed by atoms with Crippen LogP contribution in [-0.4, -0.2) is 36.5 Å². The van der Waals surface area contributed by atoms with Crippen LogP contribution in [0.5, 0.6) is 0 Å². The normalized spacial score (nSPS) is 11.3. The lowest BCUT2D eigenvalue weighted by molar-refractivity contribution is -0.113. The fraction of sp³-hybridized carbons (Fsp3) is 0.167. The monoisotopic (exact) mass is 452 g/mol. The summed E-state index contributed by atoms with van der Waals surface area (Å²) in [4.78, 5) is 12.2. The molecule has 2 N–H and O–H groups in total. The standard InChI is InChI=1S/C18H17ClN4O4S2/c1-11-3-6-13(19)9-15(11)20-16(24)10-28-18-22-21-17(27-18)12-4-7-14(8-5-12)23-29(2,25)26/h3-9,23H,10H2,1-2H3,(H,20,24). The molecule has 1 aromatic heterocycles. The van der Waals surface area contributed by atoms with E-state index in [1.165, 1.54) is 0 Å². The van der Waals surface area contributed by atoms with Gasteiger partial charge in [-0.25, -0.2) is 8.42 Å². The van der Waals surface area contributed by atoms with E-state index in [1.54, 1.807) is 36.4 Å². The maximum Gasteiger partial charge on any atom is 0.277 e. The van der Waals surface area contributed by atoms with Crippen molar-refractivity contribution in [1.82, 2.24) is 10.2 Å². The minimum atomic E-state index is -3.34. The van der Waals surface area contributed by atoms with Crippen molar-refractivity contribution in [3.63, 3.8) is 0 Å². The van der Waals surface area contributed by atoms with E-state index in [1.807, 2.05) is 13.0 Å². The molecule has 1 heterocycles. The molecular weight excluding hydrogens is 436 g/mol. The summed E-state index contributed by atoms with van der Waals surface area (Å²) in [6, 6.07) is 11.8. The number of hydrogen-bond donors (Lipinski definition) is 2. The maximum absolute atomic E-state index is 12.2. The van der Waals surface area contributed by atoms with Crippen molar-refractivity contribution < 1.29 is 17.6 Å². The summed E-state index contributed by atoms with van der Waals surface area (Å²) in [6.07, 6.45) is 1.08. The maximum atomic E-state index is 12.2. The third-order valence-electron chi connectivity index (χ3n) is 3.64. The SMILES string of the molecule is Cc1ccc(Cl)cc1NC(=O)CSc1nnc(-c2ccc(NS(C)(=O)=O)cc2)o1. The van der Waals surface area contributed by atoms with Crippen molar-refractivity contribution in [3.05, 3.63) is 53.1 Å². The average Bonchev–Trinajstić information content (AvgIpc) is 3.11. The second-order valence-corrected chi connectivity index (χ2v) is 9.23. The molecule has 29 heavy (non-hydrogen) atoms. The van der Waals surface area contributed by atoms with Gasteiger partial charge in [0.1, 0.15) is 0 Å². The highest BCUT2D eigenvalue weighted by Crippen LogP contribution is 2.25. The fourth-order valence-electron chi connectivity index (χ4n) is 2.32. The molecule has 0 spiro atoms. The third-order valence-corrected chi connectivity index (χ3v) is 5.30. The van der Waals surface area contributed by atoms with Gasteiger partial charge in [-0.05, 0) is 48.9 Å². The average molecular weight is 453 g/mol. The molecule has 2 aromatic carbocycles. The molecule has 0 aliphatic carbocycles. The molecule has 11 heteroatoms. The highest BCUT2D eigenvalue weighted by molar-refractivity contribution is 7.99. The van der Waals surface area contributed by atoms with Crippen molar-refractivity contribution in [2.24, 2.45) is 0 Å². The summed E-state index contributed by atoms with van der Waals surface area (Å²) in [7, 11) is -3.34. The number of amides is 1. The Morgan fingerprint density at radius 1 is 1.17 bits per heavy atom. The third kappa shape index (κ3) is 6.21. The van der Waals surface area contributed by atoms with E-state index in [-0.39, 0.29) is 22.8 Å². The van der Waals surface area contributed by atoms with Crippen LogP contribution in [0, 0.1) is 6.92 Å². The van der Waals surface area contributed by atoms with Crippen molar-refractivity contribution >= 4 is 50.7 Å². The number of rotatable bonds is 7. The van der Waals surface area contributed by atoms with Gasteiger partial charge < -0.3 is 9.73 Å². The van der Waals surface area contributed by atoms with Crippen molar-refractivity contribution in [3.8, 4) is 11.5 Å². The predicted molar refractivity (Wildman–Crippen MR) is 114 cm³/mol. The lowest BCUT2D eigenvalue weighted by atomic mass is 10.2. The van der Waals surface area contributed by atoms with Gasteiger partial charge in [0.25, 0.3) is 5.22 Å². The van der Waals surface area contributed by atoms with E-state index in [0.717, 1.165) is 23.6 Å². The smallest absolute Gasteiger partial charge is 0.277 e. The van der Waals surface area contributed by atoms with E-state index in [4.69, 9.17) is 16.0 Å². The lowest BCUT2D eigenvalue weighted by Crippen LogP contribution is -2.14. The van der Waals surface area contributed by atoms with E-state index < -0.39 is 10.0 Å². The summed E-state index contributed by atoms with van der Waals surface area (Å²) in [6.45, 7) is 1.88. The molecule has 1 amide bonds. The van der Waals surface area contributed by atoms with Crippen LogP contribution in [0.3, 0.4) is 0 Å². The largest absolute Gasteiger partial charge is 0.411 e. The van der Waals surface area contributed by atoms with Gasteiger partial charge in [0.15, 0.2) is 0 Å². The number of halogens is 1. The molecule has 0 saturated heterocycles. The van der Waals surface area contributed by atoms with E-state index in [2.05, 4.69) is 20.2 Å². The molecule has 8 nitrogen and oxygen atoms in total. The molecule has 3 aromatic rings. The molecule has 0 atom stereocenters. The number of nitrogens with one attached hydrogen (secondary N) is 2. The van der Waals surface area contributed by atoms with Crippen LogP contribution in [0.1, 0.15) is 5.56 Å². The molecule has 0 bridgehead atoms. The second-order valence-electron chi connectivity index (χ2n) is 6.12. The molecule has 0 unspecified atom stereocenters. The van der Waals surface area contributed by atoms with Gasteiger partial charge >= 0.3 is 0 Å². The van der Waals surface area contributed by atoms with Crippen LogP contribution in [-0.2, 0) is 14.8 Å². The lowest BCUT2D eigenvalue weighted by Gasteiger charge is -2.07. The Hall–Kier alpha value is -2.56. The fourth-order valence-corrected chi connectivity index (χ4v) is 3.62. The first-order chi connectivity index (χ1) is 13.7. The minimum Gasteiger partial charge on any atom is -0.411 e. The van der Waals surface area contributed by atoms with Crippen LogP contribution in [0.4, 0.5) is 11.4 Å². The van der Waals surface area contributed by atoms with Crippen LogP contribution < -0.4 is 10.0 Å². The Kier molecular flexibility index (Phi) is 6.46. The van der Waals surface area contributed by atoms with Gasteiger partial charge in [-0.1, -0.05) is 29.4 Å². The van der Waals surface area contributed by atoms with Gasteiger partial charge in [0.2, 0.25) is 21.8 Å². The van der Waals surface area contributed by atoms with Crippen molar-refractivity contribution in [2.45, 2.75) is 12.1 Å². The predicted octanol–water partition coefficient (Wildman–Crippen LogP) is 3.80. The number of carbonyl (C=O) groups excluding carboxylic acids is 1. The zero-order valence-corrected chi connectivity index (χ0v) is 17.9. The number of nitrogens with zero attached hydrogens (tertiary/aromatic N) is 2. The Morgan fingerprint density at radius 2 is 1.90 bits per heavy atom. The molecule has 3 rings (SSSR count). The van der Waals surface area contributed by atoms with E-state index in [0.29, 0.717) is 22.0 Å². The Balaban J connectivity index is 1.59. The number of aromatic nitrogens is 2. The number of thioether (sulfide) groups is 1. The number of sulfonamides is 1. The summed E-state index contributed by atoms with van der Waals surface area (Å²) >= 11 is 7.06. The first kappa shape index (κ1) is 21.2. The van der Waals surface area contributed by atoms with Crippen molar-refractivity contribution in [2.75, 3.05) is 22.0 Å². The molecular formula is C18H17ClN4O4S2. The topological polar surface area (TPSA) is 114 Å². The van der Waals surface area contributed by atoms with Gasteiger partial charge in [0, 0.05) is 22.0 Å². The Labute approximate surface area is 177 Å². The van der Waals surface area contributed by atoms with Crippen LogP contribution in [0.2, 0.25) is 5.02 Å². The van der Waals surface area contributed by atoms with Crippen molar-refractivity contribution in [1.29, 1.82) is 0 Å². The Bertz CT molecular complexity index is 1130. The molecule has 0 fully saturated rings. The van der Waals surface area contributed by atoms with Gasteiger partial charge in [-0.15, -0.1) is 10.2 Å². The summed E-state index contributed by atoms with van der Waals surface area (Å²) < 4.78 is 30.4. The molecule has 0 aliphatic heterocycles. The first-order valence-electron chi connectivity index (χ1n) is 8.30. The molecule has 152 valence electrons. The van der Waals surface area contributed by atoms with Gasteiger partial charge in [0.05, 0.1) is 12.0 Å². The quantitative estimate of drug-likeness (QED) is 0.524. The molecule has 0 saturated carbocycles. The first-order valence-corrected chi connectivity index (χ1v) is 11.6. The zero-order chi connectivity index (χ0) is 21.0. The second kappa shape index (κ2) is 8.85. The number of hydrogen-bond acceptors (Lipinski definition) is 7. The summed E-state index contributed by atoms with van der Waals surface area (Å²) in [5.74, 6) is 0.131. The summed E-state index contributed by atoms with van der Waals surface area (Å²) in [5, 5.41) is 11.5. The molecule has 0 radical (unpaired) electrons. The van der Waals surface area contributed by atoms with E-state index in [9.17, 15) is 13.2 Å². The van der Waals surface area contributed by atoms with Crippen LogP contribution in [0.15, 0.2) is 52.1 Å². The highest BCUT2D eigenvalue weighted by Gasteiger charge is 2.12. The minimum absolute atomic E-state index is 0.0881. The zero-order valence-electron chi connectivity index (χ0n) is 15.5. The highest BCUT2D eigenvalue weighted by atomic mass is 35.5. The number of benzene rings is 2. The van der Waals surface area contributed by atoms with Gasteiger partial charge in [-0.3, -0.25) is 9.52 Å². The van der Waals surface area contributed by atoms with E-state index >= 15 is 0 Å². The Morgan fingerprint density at radius 3 is 2.59 bits per heavy atom. The summed E-state index contributed by atoms with van der Waals surface area (Å²) in [5.41, 5.74) is 2.61. The number of anilines is 2.